The minimum atomic E-state index is -0.436. The fourth-order valence-corrected chi connectivity index (χ4v) is 4.50. The van der Waals surface area contributed by atoms with E-state index in [1.54, 1.807) is 6.07 Å². The predicted molar refractivity (Wildman–Crippen MR) is 129 cm³/mol. The summed E-state index contributed by atoms with van der Waals surface area (Å²) in [7, 11) is 0. The van der Waals surface area contributed by atoms with Gasteiger partial charge < -0.3 is 4.74 Å². The van der Waals surface area contributed by atoms with Crippen LogP contribution in [-0.2, 0) is 6.61 Å². The second kappa shape index (κ2) is 10.6. The number of nitrogens with one attached hydrogen (secondary N) is 1. The number of hydrazone groups is 1. The number of rotatable bonds is 6. The molecule has 0 fully saturated rings. The van der Waals surface area contributed by atoms with Crippen molar-refractivity contribution < 1.29 is 9.53 Å². The van der Waals surface area contributed by atoms with Gasteiger partial charge in [-0.05, 0) is 85.5 Å². The molecule has 0 saturated heterocycles. The molecule has 0 atom stereocenters. The highest BCUT2D eigenvalue weighted by Crippen LogP contribution is 2.35. The first kappa shape index (κ1) is 23.1. The van der Waals surface area contributed by atoms with E-state index >= 15 is 0 Å². The second-order valence-corrected chi connectivity index (χ2v) is 9.04. The van der Waals surface area contributed by atoms with Crippen LogP contribution in [0.25, 0.3) is 0 Å². The lowest BCUT2D eigenvalue weighted by molar-refractivity contribution is 0.0955. The molecule has 0 heterocycles. The van der Waals surface area contributed by atoms with Crippen LogP contribution in [-0.4, -0.2) is 12.1 Å². The molecule has 0 aliphatic carbocycles. The van der Waals surface area contributed by atoms with Gasteiger partial charge in [0.05, 0.1) is 25.7 Å². The molecule has 1 amide bonds. The highest BCUT2D eigenvalue weighted by atomic mass is 79.9. The molecule has 154 valence electrons. The number of nitrogens with zero attached hydrogens (tertiary/aromatic N) is 1. The van der Waals surface area contributed by atoms with E-state index in [1.165, 1.54) is 18.3 Å². The maximum atomic E-state index is 12.2. The third-order valence-corrected chi connectivity index (χ3v) is 5.85. The SMILES string of the molecule is O=C(N/N=C/c1cc(Br)c(OCc2ccc(Cl)cc2)c(Br)c1)c1ccc(Cl)cc1Cl. The molecule has 30 heavy (non-hydrogen) atoms. The molecule has 0 spiro atoms. The molecule has 0 radical (unpaired) electrons. The lowest BCUT2D eigenvalue weighted by Crippen LogP contribution is -2.18. The molecule has 4 nitrogen and oxygen atoms in total. The molecule has 0 bridgehead atoms. The average molecular weight is 592 g/mol. The minimum Gasteiger partial charge on any atom is -0.487 e. The molecular formula is C21H13Br2Cl3N2O2. The summed E-state index contributed by atoms with van der Waals surface area (Å²) in [4.78, 5) is 12.2. The van der Waals surface area contributed by atoms with E-state index in [4.69, 9.17) is 39.5 Å². The van der Waals surface area contributed by atoms with Gasteiger partial charge in [-0.1, -0.05) is 46.9 Å². The van der Waals surface area contributed by atoms with Crippen LogP contribution in [0.2, 0.25) is 15.1 Å². The molecule has 0 aliphatic heterocycles. The Morgan fingerprint density at radius 3 is 2.23 bits per heavy atom. The Morgan fingerprint density at radius 2 is 1.60 bits per heavy atom. The van der Waals surface area contributed by atoms with Crippen molar-refractivity contribution in [1.29, 1.82) is 0 Å². The van der Waals surface area contributed by atoms with Crippen molar-refractivity contribution in [3.8, 4) is 5.75 Å². The number of benzene rings is 3. The maximum absolute atomic E-state index is 12.2. The molecule has 1 N–H and O–H groups in total. The quantitative estimate of drug-likeness (QED) is 0.238. The largest absolute Gasteiger partial charge is 0.487 e. The van der Waals surface area contributed by atoms with Crippen LogP contribution < -0.4 is 10.2 Å². The van der Waals surface area contributed by atoms with Gasteiger partial charge in [-0.2, -0.15) is 5.10 Å². The van der Waals surface area contributed by atoms with E-state index in [-0.39, 0.29) is 10.6 Å². The van der Waals surface area contributed by atoms with Crippen LogP contribution in [0.1, 0.15) is 21.5 Å². The fourth-order valence-electron chi connectivity index (χ4n) is 2.43. The van der Waals surface area contributed by atoms with Gasteiger partial charge in [0.1, 0.15) is 12.4 Å². The lowest BCUT2D eigenvalue weighted by atomic mass is 10.2. The standard InChI is InChI=1S/C21H13Br2Cl3N2O2/c22-17-7-13(10-27-28-21(29)16-6-5-15(25)9-19(16)26)8-18(23)20(17)30-11-12-1-3-14(24)4-2-12/h1-10H,11H2,(H,28,29)/b27-10+. The van der Waals surface area contributed by atoms with Gasteiger partial charge in [0.2, 0.25) is 0 Å². The Balaban J connectivity index is 1.65. The van der Waals surface area contributed by atoms with Crippen molar-refractivity contribution in [1.82, 2.24) is 5.43 Å². The van der Waals surface area contributed by atoms with E-state index in [2.05, 4.69) is 42.4 Å². The van der Waals surface area contributed by atoms with Crippen LogP contribution >= 0.6 is 66.7 Å². The van der Waals surface area contributed by atoms with Crippen LogP contribution in [0.4, 0.5) is 0 Å². The van der Waals surface area contributed by atoms with Crippen LogP contribution in [0, 0.1) is 0 Å². The van der Waals surface area contributed by atoms with Gasteiger partial charge in [0.15, 0.2) is 0 Å². The Labute approximate surface area is 205 Å². The van der Waals surface area contributed by atoms with Gasteiger partial charge in [-0.15, -0.1) is 0 Å². The summed E-state index contributed by atoms with van der Waals surface area (Å²) >= 11 is 24.8. The number of ether oxygens (including phenoxy) is 1. The molecule has 0 aromatic heterocycles. The van der Waals surface area contributed by atoms with E-state index < -0.39 is 5.91 Å². The molecule has 0 unspecified atom stereocenters. The normalized spacial score (nSPS) is 11.0. The highest BCUT2D eigenvalue weighted by Gasteiger charge is 2.11. The molecule has 0 aliphatic rings. The number of amides is 1. The summed E-state index contributed by atoms with van der Waals surface area (Å²) in [6.07, 6.45) is 1.51. The Bertz CT molecular complexity index is 1080. The number of carbonyl (C=O) groups excluding carboxylic acids is 1. The molecular weight excluding hydrogens is 578 g/mol. The van der Waals surface area contributed by atoms with Crippen LogP contribution in [0.15, 0.2) is 68.6 Å². The fraction of sp³-hybridized carbons (Fsp3) is 0.0476. The summed E-state index contributed by atoms with van der Waals surface area (Å²) in [5.74, 6) is 0.216. The Hall–Kier alpha value is -1.57. The van der Waals surface area contributed by atoms with E-state index in [0.29, 0.717) is 22.4 Å². The minimum absolute atomic E-state index is 0.253. The summed E-state index contributed by atoms with van der Waals surface area (Å²) in [6.45, 7) is 0.389. The monoisotopic (exact) mass is 588 g/mol. The highest BCUT2D eigenvalue weighted by molar-refractivity contribution is 9.11. The van der Waals surface area contributed by atoms with Crippen LogP contribution in [0.3, 0.4) is 0 Å². The van der Waals surface area contributed by atoms with E-state index in [0.717, 1.165) is 20.1 Å². The van der Waals surface area contributed by atoms with E-state index in [1.807, 2.05) is 36.4 Å². The van der Waals surface area contributed by atoms with Gasteiger partial charge in [0, 0.05) is 10.0 Å². The van der Waals surface area contributed by atoms with Gasteiger partial charge in [-0.3, -0.25) is 4.79 Å². The zero-order chi connectivity index (χ0) is 21.7. The smallest absolute Gasteiger partial charge is 0.272 e. The summed E-state index contributed by atoms with van der Waals surface area (Å²) in [5, 5.41) is 5.36. The topological polar surface area (TPSA) is 50.7 Å². The summed E-state index contributed by atoms with van der Waals surface area (Å²) < 4.78 is 7.37. The average Bonchev–Trinajstić information content (AvgIpc) is 2.68. The maximum Gasteiger partial charge on any atom is 0.272 e. The van der Waals surface area contributed by atoms with Crippen molar-refractivity contribution >= 4 is 78.8 Å². The van der Waals surface area contributed by atoms with Gasteiger partial charge >= 0.3 is 0 Å². The third kappa shape index (κ3) is 6.22. The number of hydrogen-bond acceptors (Lipinski definition) is 3. The van der Waals surface area contributed by atoms with Crippen molar-refractivity contribution in [2.24, 2.45) is 5.10 Å². The van der Waals surface area contributed by atoms with Crippen molar-refractivity contribution in [2.75, 3.05) is 0 Å². The summed E-state index contributed by atoms with van der Waals surface area (Å²) in [6, 6.07) is 15.7. The predicted octanol–water partition coefficient (Wildman–Crippen LogP) is 7.51. The Kier molecular flexibility index (Phi) is 8.20. The first-order valence-electron chi connectivity index (χ1n) is 8.48. The third-order valence-electron chi connectivity index (χ3n) is 3.87. The zero-order valence-corrected chi connectivity index (χ0v) is 20.6. The van der Waals surface area contributed by atoms with Crippen molar-refractivity contribution in [3.05, 3.63) is 95.3 Å². The van der Waals surface area contributed by atoms with Crippen molar-refractivity contribution in [3.63, 3.8) is 0 Å². The number of halogens is 5. The lowest BCUT2D eigenvalue weighted by Gasteiger charge is -2.11. The first-order chi connectivity index (χ1) is 14.3. The van der Waals surface area contributed by atoms with Crippen molar-refractivity contribution in [2.45, 2.75) is 6.61 Å². The molecule has 3 aromatic rings. The van der Waals surface area contributed by atoms with Gasteiger partial charge in [-0.25, -0.2) is 5.43 Å². The number of hydrogen-bond donors (Lipinski definition) is 1. The van der Waals surface area contributed by atoms with E-state index in [9.17, 15) is 4.79 Å². The van der Waals surface area contributed by atoms with Crippen LogP contribution in [0.5, 0.6) is 5.75 Å². The second-order valence-electron chi connectivity index (χ2n) is 6.05. The number of carbonyl (C=O) groups is 1. The summed E-state index contributed by atoms with van der Waals surface area (Å²) in [5.41, 5.74) is 4.47. The molecule has 0 saturated carbocycles. The Morgan fingerprint density at radius 1 is 0.967 bits per heavy atom. The first-order valence-corrected chi connectivity index (χ1v) is 11.2. The molecule has 3 rings (SSSR count). The molecule has 3 aromatic carbocycles. The zero-order valence-electron chi connectivity index (χ0n) is 15.1. The molecule has 9 heteroatoms. The van der Waals surface area contributed by atoms with Gasteiger partial charge in [0.25, 0.3) is 5.91 Å².